The maximum Gasteiger partial charge on any atom is 0.303 e. The monoisotopic (exact) mass is 308 g/mol. The number of fused-ring (bicyclic) bond motifs is 1. The van der Waals surface area contributed by atoms with Crippen LogP contribution in [0.1, 0.15) is 19.3 Å². The second-order valence-electron chi connectivity index (χ2n) is 4.81. The molecule has 1 amide bonds. The van der Waals surface area contributed by atoms with Crippen molar-refractivity contribution in [2.45, 2.75) is 25.8 Å². The van der Waals surface area contributed by atoms with Gasteiger partial charge >= 0.3 is 5.97 Å². The third-order valence-corrected chi connectivity index (χ3v) is 3.44. The molecule has 0 atom stereocenters. The van der Waals surface area contributed by atoms with Gasteiger partial charge in [0.1, 0.15) is 0 Å². The Morgan fingerprint density at radius 1 is 1.24 bits per heavy atom. The number of halogens is 1. The van der Waals surface area contributed by atoms with Gasteiger partial charge in [0.15, 0.2) is 0 Å². The predicted octanol–water partition coefficient (Wildman–Crippen LogP) is 2.67. The minimum absolute atomic E-state index is 0.0705. The molecule has 0 saturated heterocycles. The van der Waals surface area contributed by atoms with Crippen LogP contribution in [0.2, 0.25) is 5.02 Å². The largest absolute Gasteiger partial charge is 0.481 e. The molecule has 5 nitrogen and oxygen atoms in total. The van der Waals surface area contributed by atoms with Gasteiger partial charge in [-0.15, -0.1) is 0 Å². The highest BCUT2D eigenvalue weighted by Crippen LogP contribution is 2.20. The maximum absolute atomic E-state index is 11.7. The number of amides is 1. The Morgan fingerprint density at radius 3 is 2.81 bits per heavy atom. The number of aryl methyl sites for hydroxylation is 1. The molecule has 0 aliphatic heterocycles. The van der Waals surface area contributed by atoms with E-state index in [4.69, 9.17) is 16.7 Å². The van der Waals surface area contributed by atoms with Gasteiger partial charge in [-0.3, -0.25) is 9.59 Å². The first-order valence-electron chi connectivity index (χ1n) is 6.79. The number of rotatable bonds is 7. The summed E-state index contributed by atoms with van der Waals surface area (Å²) in [6, 6.07) is 7.64. The van der Waals surface area contributed by atoms with Crippen LogP contribution in [0.4, 0.5) is 0 Å². The lowest BCUT2D eigenvalue weighted by Gasteiger charge is -2.07. The van der Waals surface area contributed by atoms with Gasteiger partial charge in [-0.05, 0) is 30.0 Å². The van der Waals surface area contributed by atoms with Gasteiger partial charge in [-0.1, -0.05) is 17.7 Å². The summed E-state index contributed by atoms with van der Waals surface area (Å²) in [5, 5.41) is 13.0. The molecule has 0 aliphatic rings. The molecule has 0 aliphatic carbocycles. The normalized spacial score (nSPS) is 10.7. The highest BCUT2D eigenvalue weighted by atomic mass is 35.5. The number of hydrogen-bond donors (Lipinski definition) is 2. The molecule has 0 radical (unpaired) electrons. The van der Waals surface area contributed by atoms with Crippen LogP contribution >= 0.6 is 11.6 Å². The van der Waals surface area contributed by atoms with E-state index in [2.05, 4.69) is 5.32 Å². The first-order valence-corrected chi connectivity index (χ1v) is 7.17. The molecule has 1 aromatic heterocycles. The van der Waals surface area contributed by atoms with Crippen LogP contribution in [0.25, 0.3) is 10.9 Å². The first kappa shape index (κ1) is 15.4. The summed E-state index contributed by atoms with van der Waals surface area (Å²) in [4.78, 5) is 22.0. The zero-order chi connectivity index (χ0) is 15.2. The number of carbonyl (C=O) groups excluding carboxylic acids is 1. The molecular weight excluding hydrogens is 292 g/mol. The Balaban J connectivity index is 1.83. The number of carboxylic acids is 1. The van der Waals surface area contributed by atoms with Crippen LogP contribution in [0.15, 0.2) is 30.5 Å². The molecule has 21 heavy (non-hydrogen) atoms. The van der Waals surface area contributed by atoms with E-state index in [0.717, 1.165) is 10.9 Å². The molecule has 2 aromatic rings. The molecule has 2 N–H and O–H groups in total. The summed E-state index contributed by atoms with van der Waals surface area (Å²) in [5.41, 5.74) is 1.00. The van der Waals surface area contributed by atoms with Crippen molar-refractivity contribution in [3.8, 4) is 0 Å². The number of nitrogens with one attached hydrogen (secondary N) is 1. The molecule has 0 bridgehead atoms. The Kier molecular flexibility index (Phi) is 5.22. The van der Waals surface area contributed by atoms with Crippen molar-refractivity contribution in [3.63, 3.8) is 0 Å². The molecule has 0 spiro atoms. The lowest BCUT2D eigenvalue weighted by Crippen LogP contribution is -2.25. The van der Waals surface area contributed by atoms with Crippen LogP contribution in [0.3, 0.4) is 0 Å². The lowest BCUT2D eigenvalue weighted by molar-refractivity contribution is -0.137. The molecule has 0 unspecified atom stereocenters. The predicted molar refractivity (Wildman–Crippen MR) is 81.4 cm³/mol. The van der Waals surface area contributed by atoms with Gasteiger partial charge in [0, 0.05) is 42.7 Å². The second kappa shape index (κ2) is 7.13. The molecular formula is C15H17ClN2O3. The van der Waals surface area contributed by atoms with Gasteiger partial charge in [-0.25, -0.2) is 0 Å². The summed E-state index contributed by atoms with van der Waals surface area (Å²) in [7, 11) is 0. The Hall–Kier alpha value is -2.01. The highest BCUT2D eigenvalue weighted by Gasteiger charge is 2.05. The maximum atomic E-state index is 11.7. The van der Waals surface area contributed by atoms with Crippen molar-refractivity contribution in [1.29, 1.82) is 0 Å². The van der Waals surface area contributed by atoms with Gasteiger partial charge < -0.3 is 15.0 Å². The number of carboxylic acid groups (broad SMARTS) is 1. The number of benzene rings is 1. The van der Waals surface area contributed by atoms with E-state index in [9.17, 15) is 9.59 Å². The standard InChI is InChI=1S/C15H17ClN2O3/c16-12-4-3-11-5-8-18(13(11)10-12)9-6-14(19)17-7-1-2-15(20)21/h3-5,8,10H,1-2,6-7,9H2,(H,17,19)(H,20,21). The highest BCUT2D eigenvalue weighted by molar-refractivity contribution is 6.31. The second-order valence-corrected chi connectivity index (χ2v) is 5.25. The lowest BCUT2D eigenvalue weighted by atomic mass is 10.2. The quantitative estimate of drug-likeness (QED) is 0.772. The van der Waals surface area contributed by atoms with Crippen LogP contribution in [0, 0.1) is 0 Å². The minimum Gasteiger partial charge on any atom is -0.481 e. The van der Waals surface area contributed by atoms with Crippen LogP contribution in [-0.4, -0.2) is 28.1 Å². The van der Waals surface area contributed by atoms with Crippen LogP contribution < -0.4 is 5.32 Å². The topological polar surface area (TPSA) is 71.3 Å². The van der Waals surface area contributed by atoms with E-state index >= 15 is 0 Å². The SMILES string of the molecule is O=C(O)CCCNC(=O)CCn1ccc2ccc(Cl)cc21. The van der Waals surface area contributed by atoms with Crippen molar-refractivity contribution in [3.05, 3.63) is 35.5 Å². The number of carbonyl (C=O) groups is 2. The fraction of sp³-hybridized carbons (Fsp3) is 0.333. The van der Waals surface area contributed by atoms with E-state index in [1.165, 1.54) is 0 Å². The molecule has 1 heterocycles. The number of aliphatic carboxylic acids is 1. The average Bonchev–Trinajstić information content (AvgIpc) is 2.83. The summed E-state index contributed by atoms with van der Waals surface area (Å²) in [5.74, 6) is -0.927. The van der Waals surface area contributed by atoms with Crippen molar-refractivity contribution in [2.75, 3.05) is 6.54 Å². The van der Waals surface area contributed by atoms with Crippen LogP contribution in [0.5, 0.6) is 0 Å². The van der Waals surface area contributed by atoms with E-state index in [1.54, 1.807) is 0 Å². The van der Waals surface area contributed by atoms with Gasteiger partial charge in [-0.2, -0.15) is 0 Å². The zero-order valence-corrected chi connectivity index (χ0v) is 12.3. The van der Waals surface area contributed by atoms with Crippen molar-refractivity contribution < 1.29 is 14.7 Å². The molecule has 1 aromatic carbocycles. The molecule has 0 fully saturated rings. The van der Waals surface area contributed by atoms with Gasteiger partial charge in [0.2, 0.25) is 5.91 Å². The number of nitrogens with zero attached hydrogens (tertiary/aromatic N) is 1. The fourth-order valence-corrected chi connectivity index (χ4v) is 2.30. The van der Waals surface area contributed by atoms with E-state index in [1.807, 2.05) is 35.0 Å². The molecule has 0 saturated carbocycles. The van der Waals surface area contributed by atoms with Gasteiger partial charge in [0.05, 0.1) is 0 Å². The Morgan fingerprint density at radius 2 is 2.05 bits per heavy atom. The van der Waals surface area contributed by atoms with Gasteiger partial charge in [0.25, 0.3) is 0 Å². The summed E-state index contributed by atoms with van der Waals surface area (Å²) >= 11 is 5.98. The average molecular weight is 309 g/mol. The minimum atomic E-state index is -0.847. The summed E-state index contributed by atoms with van der Waals surface area (Å²) in [6.45, 7) is 0.956. The Bertz CT molecular complexity index is 651. The third kappa shape index (κ3) is 4.49. The zero-order valence-electron chi connectivity index (χ0n) is 11.5. The van der Waals surface area contributed by atoms with Crippen molar-refractivity contribution in [2.24, 2.45) is 0 Å². The smallest absolute Gasteiger partial charge is 0.303 e. The number of aromatic nitrogens is 1. The molecule has 6 heteroatoms. The molecule has 112 valence electrons. The summed E-state index contributed by atoms with van der Waals surface area (Å²) < 4.78 is 1.98. The molecule has 2 rings (SSSR count). The van der Waals surface area contributed by atoms with Crippen molar-refractivity contribution >= 4 is 34.4 Å². The van der Waals surface area contributed by atoms with E-state index in [0.29, 0.717) is 31.0 Å². The van der Waals surface area contributed by atoms with Crippen LogP contribution in [-0.2, 0) is 16.1 Å². The fourth-order valence-electron chi connectivity index (χ4n) is 2.13. The first-order chi connectivity index (χ1) is 10.1. The third-order valence-electron chi connectivity index (χ3n) is 3.21. The Labute approximate surface area is 127 Å². The van der Waals surface area contributed by atoms with E-state index in [-0.39, 0.29) is 12.3 Å². The summed E-state index contributed by atoms with van der Waals surface area (Å²) in [6.07, 6.45) is 2.80. The van der Waals surface area contributed by atoms with E-state index < -0.39 is 5.97 Å². The van der Waals surface area contributed by atoms with Crippen molar-refractivity contribution in [1.82, 2.24) is 9.88 Å². The number of hydrogen-bond acceptors (Lipinski definition) is 2.